The molecule has 0 saturated carbocycles. The monoisotopic (exact) mass is 343 g/mol. The molecular weight excluding hydrogens is 318 g/mol. The van der Waals surface area contributed by atoms with Crippen LogP contribution in [0, 0.1) is 6.92 Å². The van der Waals surface area contributed by atoms with Gasteiger partial charge in [0.25, 0.3) is 0 Å². The van der Waals surface area contributed by atoms with Gasteiger partial charge in [-0.25, -0.2) is 4.98 Å². The van der Waals surface area contributed by atoms with Crippen LogP contribution in [-0.2, 0) is 24.1 Å². The van der Waals surface area contributed by atoms with E-state index in [9.17, 15) is 4.79 Å². The van der Waals surface area contributed by atoms with Crippen molar-refractivity contribution in [1.29, 1.82) is 0 Å². The van der Waals surface area contributed by atoms with Crippen LogP contribution in [0.5, 0.6) is 0 Å². The molecule has 128 valence electrons. The number of rotatable bonds is 6. The zero-order valence-corrected chi connectivity index (χ0v) is 15.0. The molecule has 1 unspecified atom stereocenters. The van der Waals surface area contributed by atoms with E-state index in [2.05, 4.69) is 5.32 Å². The predicted molar refractivity (Wildman–Crippen MR) is 98.2 cm³/mol. The average Bonchev–Trinajstić information content (AvgIpc) is 3.01. The van der Waals surface area contributed by atoms with Gasteiger partial charge in [0.1, 0.15) is 6.04 Å². The van der Waals surface area contributed by atoms with Gasteiger partial charge in [-0.15, -0.1) is 11.3 Å². The number of hydrogen-bond acceptors (Lipinski definition) is 4. The number of carbonyl (C=O) groups excluding carboxylic acids is 1. The number of nitrogens with zero attached hydrogens (tertiary/aromatic N) is 1. The normalized spacial score (nSPS) is 14.9. The summed E-state index contributed by atoms with van der Waals surface area (Å²) < 4.78 is 0. The summed E-state index contributed by atoms with van der Waals surface area (Å²) >= 11 is 1.85. The Kier molecular flexibility index (Phi) is 5.63. The summed E-state index contributed by atoms with van der Waals surface area (Å²) in [6.45, 7) is 2.66. The van der Waals surface area contributed by atoms with Gasteiger partial charge in [0.15, 0.2) is 0 Å². The Hall–Kier alpha value is -1.72. The summed E-state index contributed by atoms with van der Waals surface area (Å²) in [5.41, 5.74) is 9.35. The average molecular weight is 343 g/mol. The number of thiazole rings is 1. The molecule has 0 bridgehead atoms. The lowest BCUT2D eigenvalue weighted by Crippen LogP contribution is -2.34. The van der Waals surface area contributed by atoms with Gasteiger partial charge in [-0.1, -0.05) is 29.8 Å². The molecule has 1 aromatic heterocycles. The third-order valence-electron chi connectivity index (χ3n) is 4.48. The second kappa shape index (κ2) is 7.90. The summed E-state index contributed by atoms with van der Waals surface area (Å²) in [5.74, 6) is -0.114. The molecule has 3 N–H and O–H groups in total. The maximum atomic E-state index is 12.1. The van der Waals surface area contributed by atoms with Gasteiger partial charge in [0.05, 0.1) is 10.7 Å². The van der Waals surface area contributed by atoms with E-state index < -0.39 is 6.04 Å². The van der Waals surface area contributed by atoms with Crippen molar-refractivity contribution < 1.29 is 4.79 Å². The molecule has 0 radical (unpaired) electrons. The predicted octanol–water partition coefficient (Wildman–Crippen LogP) is 3.08. The van der Waals surface area contributed by atoms with Crippen LogP contribution in [0.1, 0.15) is 52.0 Å². The molecule has 1 heterocycles. The van der Waals surface area contributed by atoms with Crippen molar-refractivity contribution in [2.24, 2.45) is 5.73 Å². The Balaban J connectivity index is 1.43. The quantitative estimate of drug-likeness (QED) is 0.792. The number of hydrogen-bond donors (Lipinski definition) is 2. The first-order valence-corrected chi connectivity index (χ1v) is 9.52. The van der Waals surface area contributed by atoms with Gasteiger partial charge in [0, 0.05) is 17.8 Å². The first-order valence-electron chi connectivity index (χ1n) is 8.71. The number of benzene rings is 1. The number of carbonyl (C=O) groups is 1. The van der Waals surface area contributed by atoms with Crippen LogP contribution in [0.4, 0.5) is 0 Å². The molecule has 1 amide bonds. The van der Waals surface area contributed by atoms with E-state index in [1.807, 2.05) is 42.5 Å². The van der Waals surface area contributed by atoms with Crippen molar-refractivity contribution in [1.82, 2.24) is 10.3 Å². The van der Waals surface area contributed by atoms with Crippen molar-refractivity contribution >= 4 is 17.2 Å². The molecular formula is C19H25N3OS. The Bertz CT molecular complexity index is 670. The van der Waals surface area contributed by atoms with Gasteiger partial charge < -0.3 is 11.1 Å². The standard InChI is InChI=1S/C19H25N3OS/c1-13-8-10-14(11-9-13)18(20)19(23)21-12-4-7-17-22-15-5-2-3-6-16(15)24-17/h8-11,18H,2-7,12,20H2,1H3,(H,21,23). The molecule has 4 nitrogen and oxygen atoms in total. The highest BCUT2D eigenvalue weighted by atomic mass is 32.1. The maximum absolute atomic E-state index is 12.1. The topological polar surface area (TPSA) is 68.0 Å². The Labute approximate surface area is 147 Å². The number of nitrogens with two attached hydrogens (primary N) is 1. The van der Waals surface area contributed by atoms with Crippen LogP contribution in [0.15, 0.2) is 24.3 Å². The second-order valence-corrected chi connectivity index (χ2v) is 7.64. The van der Waals surface area contributed by atoms with Gasteiger partial charge in [-0.3, -0.25) is 4.79 Å². The van der Waals surface area contributed by atoms with Crippen molar-refractivity contribution in [3.05, 3.63) is 51.0 Å². The SMILES string of the molecule is Cc1ccc(C(N)C(=O)NCCCc2nc3c(s2)CCCC3)cc1. The van der Waals surface area contributed by atoms with Crippen molar-refractivity contribution in [3.63, 3.8) is 0 Å². The van der Waals surface area contributed by atoms with Crippen molar-refractivity contribution in [2.45, 2.75) is 51.5 Å². The molecule has 0 fully saturated rings. The van der Waals surface area contributed by atoms with Crippen LogP contribution in [0.25, 0.3) is 0 Å². The van der Waals surface area contributed by atoms with Gasteiger partial charge >= 0.3 is 0 Å². The summed E-state index contributed by atoms with van der Waals surface area (Å²) in [6.07, 6.45) is 6.71. The van der Waals surface area contributed by atoms with Crippen LogP contribution < -0.4 is 11.1 Å². The van der Waals surface area contributed by atoms with E-state index in [-0.39, 0.29) is 5.91 Å². The maximum Gasteiger partial charge on any atom is 0.241 e. The van der Waals surface area contributed by atoms with Crippen LogP contribution in [0.3, 0.4) is 0 Å². The van der Waals surface area contributed by atoms with Crippen LogP contribution in [-0.4, -0.2) is 17.4 Å². The summed E-state index contributed by atoms with van der Waals surface area (Å²) in [7, 11) is 0. The smallest absolute Gasteiger partial charge is 0.241 e. The van der Waals surface area contributed by atoms with Crippen LogP contribution >= 0.6 is 11.3 Å². The van der Waals surface area contributed by atoms with Crippen LogP contribution in [0.2, 0.25) is 0 Å². The molecule has 0 spiro atoms. The Morgan fingerprint density at radius 3 is 2.79 bits per heavy atom. The first kappa shape index (κ1) is 17.1. The van der Waals surface area contributed by atoms with Gasteiger partial charge in [0.2, 0.25) is 5.91 Å². The highest BCUT2D eigenvalue weighted by Crippen LogP contribution is 2.27. The van der Waals surface area contributed by atoms with E-state index >= 15 is 0 Å². The number of nitrogens with one attached hydrogen (secondary N) is 1. The van der Waals surface area contributed by atoms with E-state index in [1.165, 1.54) is 34.8 Å². The number of aryl methyl sites for hydroxylation is 4. The second-order valence-electron chi connectivity index (χ2n) is 6.47. The highest BCUT2D eigenvalue weighted by Gasteiger charge is 2.16. The molecule has 1 atom stereocenters. The molecule has 1 aliphatic carbocycles. The fourth-order valence-corrected chi connectivity index (χ4v) is 4.20. The number of amides is 1. The minimum Gasteiger partial charge on any atom is -0.354 e. The number of aromatic nitrogens is 1. The molecule has 0 aliphatic heterocycles. The molecule has 24 heavy (non-hydrogen) atoms. The largest absolute Gasteiger partial charge is 0.354 e. The zero-order valence-electron chi connectivity index (χ0n) is 14.2. The van der Waals surface area contributed by atoms with Gasteiger partial charge in [-0.05, 0) is 44.6 Å². The number of fused-ring (bicyclic) bond motifs is 1. The Morgan fingerprint density at radius 1 is 1.29 bits per heavy atom. The minimum absolute atomic E-state index is 0.114. The lowest BCUT2D eigenvalue weighted by atomic mass is 10.0. The summed E-state index contributed by atoms with van der Waals surface area (Å²) in [6, 6.07) is 7.19. The molecule has 1 aromatic carbocycles. The van der Waals surface area contributed by atoms with E-state index in [0.717, 1.165) is 30.4 Å². The molecule has 3 rings (SSSR count). The highest BCUT2D eigenvalue weighted by molar-refractivity contribution is 7.11. The lowest BCUT2D eigenvalue weighted by molar-refractivity contribution is -0.122. The molecule has 2 aromatic rings. The lowest BCUT2D eigenvalue weighted by Gasteiger charge is -2.12. The summed E-state index contributed by atoms with van der Waals surface area (Å²) in [4.78, 5) is 18.4. The van der Waals surface area contributed by atoms with E-state index in [4.69, 9.17) is 10.7 Å². The van der Waals surface area contributed by atoms with E-state index in [0.29, 0.717) is 6.54 Å². The third-order valence-corrected chi connectivity index (χ3v) is 5.69. The Morgan fingerprint density at radius 2 is 2.04 bits per heavy atom. The summed E-state index contributed by atoms with van der Waals surface area (Å²) in [5, 5.41) is 4.15. The molecule has 5 heteroatoms. The fraction of sp³-hybridized carbons (Fsp3) is 0.474. The first-order chi connectivity index (χ1) is 11.6. The van der Waals surface area contributed by atoms with Gasteiger partial charge in [-0.2, -0.15) is 0 Å². The fourth-order valence-electron chi connectivity index (χ4n) is 3.00. The van der Waals surface area contributed by atoms with Crippen molar-refractivity contribution in [3.8, 4) is 0 Å². The van der Waals surface area contributed by atoms with Crippen molar-refractivity contribution in [2.75, 3.05) is 6.54 Å². The minimum atomic E-state index is -0.599. The third kappa shape index (κ3) is 4.22. The zero-order chi connectivity index (χ0) is 16.9. The molecule has 1 aliphatic rings. The molecule has 0 saturated heterocycles. The van der Waals surface area contributed by atoms with E-state index in [1.54, 1.807) is 0 Å².